The van der Waals surface area contributed by atoms with Crippen LogP contribution in [0.2, 0.25) is 0 Å². The molecule has 0 aromatic carbocycles. The summed E-state index contributed by atoms with van der Waals surface area (Å²) < 4.78 is 0. The highest BCUT2D eigenvalue weighted by atomic mass is 16.1. The molecule has 0 atom stereocenters. The van der Waals surface area contributed by atoms with Crippen LogP contribution in [0.15, 0.2) is 0 Å². The SMILES string of the molecule is CC(C)C12CC(C(N)=O)(C1)C2. The van der Waals surface area contributed by atoms with Gasteiger partial charge in [0.15, 0.2) is 0 Å². The van der Waals surface area contributed by atoms with E-state index in [1.165, 1.54) is 0 Å². The summed E-state index contributed by atoms with van der Waals surface area (Å²) in [7, 11) is 0. The van der Waals surface area contributed by atoms with Gasteiger partial charge in [0, 0.05) is 0 Å². The first-order chi connectivity index (χ1) is 5.01. The monoisotopic (exact) mass is 153 g/mol. The van der Waals surface area contributed by atoms with Gasteiger partial charge < -0.3 is 5.73 Å². The van der Waals surface area contributed by atoms with Crippen LogP contribution in [0.4, 0.5) is 0 Å². The van der Waals surface area contributed by atoms with E-state index in [0.717, 1.165) is 25.2 Å². The van der Waals surface area contributed by atoms with Crippen molar-refractivity contribution in [3.8, 4) is 0 Å². The van der Waals surface area contributed by atoms with E-state index in [1.807, 2.05) is 0 Å². The first-order valence-corrected chi connectivity index (χ1v) is 4.31. The molecule has 2 heteroatoms. The van der Waals surface area contributed by atoms with E-state index in [1.54, 1.807) is 0 Å². The van der Waals surface area contributed by atoms with Crippen LogP contribution in [-0.2, 0) is 4.79 Å². The van der Waals surface area contributed by atoms with Crippen LogP contribution in [0.3, 0.4) is 0 Å². The Morgan fingerprint density at radius 1 is 1.36 bits per heavy atom. The molecule has 1 amide bonds. The second-order valence-corrected chi connectivity index (χ2v) is 4.69. The molecule has 11 heavy (non-hydrogen) atoms. The van der Waals surface area contributed by atoms with Gasteiger partial charge in [-0.2, -0.15) is 0 Å². The predicted octanol–water partition coefficient (Wildman–Crippen LogP) is 1.30. The van der Waals surface area contributed by atoms with Gasteiger partial charge in [-0.15, -0.1) is 0 Å². The molecule has 3 aliphatic carbocycles. The lowest BCUT2D eigenvalue weighted by atomic mass is 9.32. The molecule has 3 aliphatic rings. The standard InChI is InChI=1S/C9H15NO/c1-6(2)8-3-9(4-8,5-8)7(10)11/h6H,3-5H2,1-2H3,(H2,10,11). The maximum Gasteiger partial charge on any atom is 0.223 e. The third-order valence-electron chi connectivity index (χ3n) is 3.82. The van der Waals surface area contributed by atoms with Gasteiger partial charge in [-0.25, -0.2) is 0 Å². The van der Waals surface area contributed by atoms with Gasteiger partial charge in [-0.3, -0.25) is 4.79 Å². The minimum absolute atomic E-state index is 0.0513. The molecule has 2 bridgehead atoms. The average Bonchev–Trinajstić information content (AvgIpc) is 1.51. The molecule has 0 spiro atoms. The van der Waals surface area contributed by atoms with Gasteiger partial charge in [0.2, 0.25) is 5.91 Å². The first-order valence-electron chi connectivity index (χ1n) is 4.31. The molecular weight excluding hydrogens is 138 g/mol. The van der Waals surface area contributed by atoms with Gasteiger partial charge in [0.25, 0.3) is 0 Å². The van der Waals surface area contributed by atoms with Crippen molar-refractivity contribution in [1.29, 1.82) is 0 Å². The van der Waals surface area contributed by atoms with Crippen LogP contribution in [0.25, 0.3) is 0 Å². The summed E-state index contributed by atoms with van der Waals surface area (Å²) in [6, 6.07) is 0. The molecule has 0 aliphatic heterocycles. The van der Waals surface area contributed by atoms with Gasteiger partial charge in [0.1, 0.15) is 0 Å². The number of primary amides is 1. The zero-order valence-corrected chi connectivity index (χ0v) is 7.18. The second kappa shape index (κ2) is 1.62. The number of rotatable bonds is 2. The van der Waals surface area contributed by atoms with Gasteiger partial charge in [0.05, 0.1) is 5.41 Å². The third-order valence-corrected chi connectivity index (χ3v) is 3.82. The van der Waals surface area contributed by atoms with Crippen molar-refractivity contribution in [1.82, 2.24) is 0 Å². The van der Waals surface area contributed by atoms with E-state index in [0.29, 0.717) is 5.41 Å². The highest BCUT2D eigenvalue weighted by Gasteiger charge is 2.71. The summed E-state index contributed by atoms with van der Waals surface area (Å²) in [6.07, 6.45) is 3.19. The fraction of sp³-hybridized carbons (Fsp3) is 0.889. The Labute approximate surface area is 67.1 Å². The molecule has 0 saturated heterocycles. The number of hydrogen-bond donors (Lipinski definition) is 1. The Kier molecular flexibility index (Phi) is 1.05. The van der Waals surface area contributed by atoms with Crippen molar-refractivity contribution in [2.24, 2.45) is 22.5 Å². The Bertz CT molecular complexity index is 200. The first kappa shape index (κ1) is 7.14. The Morgan fingerprint density at radius 3 is 2.09 bits per heavy atom. The van der Waals surface area contributed by atoms with Crippen LogP contribution in [0.1, 0.15) is 33.1 Å². The van der Waals surface area contributed by atoms with E-state index >= 15 is 0 Å². The van der Waals surface area contributed by atoms with E-state index < -0.39 is 0 Å². The van der Waals surface area contributed by atoms with Gasteiger partial charge in [-0.05, 0) is 30.6 Å². The smallest absolute Gasteiger partial charge is 0.223 e. The molecule has 0 heterocycles. The molecule has 3 saturated carbocycles. The summed E-state index contributed by atoms with van der Waals surface area (Å²) in [6.45, 7) is 4.48. The molecular formula is C9H15NO. The van der Waals surface area contributed by atoms with Crippen LogP contribution in [-0.4, -0.2) is 5.91 Å². The van der Waals surface area contributed by atoms with Crippen molar-refractivity contribution in [2.45, 2.75) is 33.1 Å². The topological polar surface area (TPSA) is 43.1 Å². The zero-order valence-electron chi connectivity index (χ0n) is 7.18. The van der Waals surface area contributed by atoms with Crippen LogP contribution in [0.5, 0.6) is 0 Å². The van der Waals surface area contributed by atoms with Gasteiger partial charge >= 0.3 is 0 Å². The molecule has 62 valence electrons. The summed E-state index contributed by atoms with van der Waals surface area (Å²) in [5.41, 5.74) is 5.75. The lowest BCUT2D eigenvalue weighted by molar-refractivity contribution is -0.222. The van der Waals surface area contributed by atoms with Crippen molar-refractivity contribution in [3.63, 3.8) is 0 Å². The van der Waals surface area contributed by atoms with Gasteiger partial charge in [-0.1, -0.05) is 13.8 Å². The van der Waals surface area contributed by atoms with Crippen LogP contribution in [0, 0.1) is 16.7 Å². The van der Waals surface area contributed by atoms with Crippen molar-refractivity contribution >= 4 is 5.91 Å². The van der Waals surface area contributed by atoms with E-state index in [2.05, 4.69) is 13.8 Å². The number of nitrogens with two attached hydrogens (primary N) is 1. The van der Waals surface area contributed by atoms with E-state index in [4.69, 9.17) is 5.73 Å². The lowest BCUT2D eigenvalue weighted by Gasteiger charge is -2.71. The Hall–Kier alpha value is -0.530. The molecule has 2 N–H and O–H groups in total. The molecule has 0 aromatic heterocycles. The summed E-state index contributed by atoms with van der Waals surface area (Å²) >= 11 is 0. The van der Waals surface area contributed by atoms with Crippen molar-refractivity contribution in [2.75, 3.05) is 0 Å². The molecule has 0 aromatic rings. The summed E-state index contributed by atoms with van der Waals surface area (Å²) in [5.74, 6) is 0.656. The largest absolute Gasteiger partial charge is 0.369 e. The maximum atomic E-state index is 10.9. The molecule has 2 nitrogen and oxygen atoms in total. The van der Waals surface area contributed by atoms with Crippen molar-refractivity contribution < 1.29 is 4.79 Å². The molecule has 0 unspecified atom stereocenters. The quantitative estimate of drug-likeness (QED) is 0.638. The summed E-state index contributed by atoms with van der Waals surface area (Å²) in [5, 5.41) is 0. The maximum absolute atomic E-state index is 10.9. The highest BCUT2D eigenvalue weighted by molar-refractivity contribution is 5.84. The second-order valence-electron chi connectivity index (χ2n) is 4.69. The molecule has 3 rings (SSSR count). The Morgan fingerprint density at radius 2 is 1.82 bits per heavy atom. The minimum atomic E-state index is -0.0694. The normalized spacial score (nSPS) is 46.5. The number of hydrogen-bond acceptors (Lipinski definition) is 1. The molecule has 0 radical (unpaired) electrons. The fourth-order valence-corrected chi connectivity index (χ4v) is 2.74. The summed E-state index contributed by atoms with van der Waals surface area (Å²) in [4.78, 5) is 10.9. The minimum Gasteiger partial charge on any atom is -0.369 e. The fourth-order valence-electron chi connectivity index (χ4n) is 2.74. The van der Waals surface area contributed by atoms with Crippen LogP contribution < -0.4 is 5.73 Å². The number of carbonyl (C=O) groups excluding carboxylic acids is 1. The highest BCUT2D eigenvalue weighted by Crippen LogP contribution is 2.75. The molecule has 3 fully saturated rings. The van der Waals surface area contributed by atoms with E-state index in [-0.39, 0.29) is 11.3 Å². The number of amides is 1. The lowest BCUT2D eigenvalue weighted by Crippen LogP contribution is -2.68. The van der Waals surface area contributed by atoms with Crippen LogP contribution >= 0.6 is 0 Å². The van der Waals surface area contributed by atoms with E-state index in [9.17, 15) is 4.79 Å². The average molecular weight is 153 g/mol. The predicted molar refractivity (Wildman–Crippen MR) is 42.7 cm³/mol. The Balaban J connectivity index is 2.04. The number of carbonyl (C=O) groups is 1. The van der Waals surface area contributed by atoms with Crippen molar-refractivity contribution in [3.05, 3.63) is 0 Å². The zero-order chi connectivity index (χ0) is 8.28. The third kappa shape index (κ3) is 0.608.